The van der Waals surface area contributed by atoms with Crippen molar-refractivity contribution in [1.29, 1.82) is 0 Å². The maximum absolute atomic E-state index is 13.6. The Kier molecular flexibility index (Phi) is 6.03. The Morgan fingerprint density at radius 1 is 1.14 bits per heavy atom. The molecule has 1 aliphatic rings. The van der Waals surface area contributed by atoms with E-state index in [1.54, 1.807) is 22.7 Å². The fourth-order valence-corrected chi connectivity index (χ4v) is 4.33. The lowest BCUT2D eigenvalue weighted by atomic mass is 10.1. The number of nitrogens with zero attached hydrogens (tertiary/aromatic N) is 5. The van der Waals surface area contributed by atoms with Crippen molar-refractivity contribution in [3.05, 3.63) is 77.2 Å². The van der Waals surface area contributed by atoms with Gasteiger partial charge in [-0.1, -0.05) is 18.2 Å². The molecule has 8 heteroatoms. The zero-order valence-electron chi connectivity index (χ0n) is 20.2. The number of fused-ring (bicyclic) bond motifs is 1. The Labute approximate surface area is 204 Å². The highest BCUT2D eigenvalue weighted by molar-refractivity contribution is 6.12. The highest BCUT2D eigenvalue weighted by Gasteiger charge is 2.29. The fourth-order valence-electron chi connectivity index (χ4n) is 4.33. The van der Waals surface area contributed by atoms with Crippen molar-refractivity contribution in [2.45, 2.75) is 46.1 Å². The monoisotopic (exact) mass is 468 g/mol. The molecule has 1 aliphatic carbocycles. The Morgan fingerprint density at radius 2 is 1.97 bits per heavy atom. The van der Waals surface area contributed by atoms with E-state index in [1.807, 2.05) is 62.4 Å². The van der Waals surface area contributed by atoms with Crippen molar-refractivity contribution in [3.63, 3.8) is 0 Å². The Bertz CT molecular complexity index is 1410. The summed E-state index contributed by atoms with van der Waals surface area (Å²) in [7, 11) is 0. The van der Waals surface area contributed by atoms with E-state index in [0.717, 1.165) is 35.2 Å². The largest absolute Gasteiger partial charge is 0.339 e. The van der Waals surface area contributed by atoms with Crippen LogP contribution in [-0.4, -0.2) is 43.0 Å². The number of hydrogen-bond donors (Lipinski definition) is 1. The molecule has 3 heterocycles. The summed E-state index contributed by atoms with van der Waals surface area (Å²) in [5, 5.41) is 8.45. The molecule has 35 heavy (non-hydrogen) atoms. The van der Waals surface area contributed by atoms with Gasteiger partial charge in [0.05, 0.1) is 16.6 Å². The summed E-state index contributed by atoms with van der Waals surface area (Å²) < 4.78 is 1.72. The number of rotatable bonds is 7. The highest BCUT2D eigenvalue weighted by atomic mass is 16.2. The van der Waals surface area contributed by atoms with Gasteiger partial charge < -0.3 is 10.2 Å². The number of aryl methyl sites for hydroxylation is 1. The first-order chi connectivity index (χ1) is 16.9. The molecule has 1 aromatic carbocycles. The molecule has 0 atom stereocenters. The summed E-state index contributed by atoms with van der Waals surface area (Å²) in [5.41, 5.74) is 4.47. The molecule has 0 spiro atoms. The van der Waals surface area contributed by atoms with Crippen molar-refractivity contribution >= 4 is 28.5 Å². The van der Waals surface area contributed by atoms with Crippen LogP contribution in [0.1, 0.15) is 59.9 Å². The van der Waals surface area contributed by atoms with E-state index in [2.05, 4.69) is 15.4 Å². The van der Waals surface area contributed by atoms with Gasteiger partial charge in [-0.15, -0.1) is 0 Å². The second-order valence-corrected chi connectivity index (χ2v) is 8.94. The molecule has 2 amide bonds. The van der Waals surface area contributed by atoms with Gasteiger partial charge in [-0.2, -0.15) is 9.78 Å². The molecule has 1 fully saturated rings. The topological polar surface area (TPSA) is 93.0 Å². The molecule has 0 bridgehead atoms. The molecule has 8 nitrogen and oxygen atoms in total. The van der Waals surface area contributed by atoms with Crippen LogP contribution in [-0.2, 0) is 11.3 Å². The van der Waals surface area contributed by atoms with Gasteiger partial charge in [0.1, 0.15) is 0 Å². The minimum Gasteiger partial charge on any atom is -0.339 e. The molecule has 1 saturated carbocycles. The lowest BCUT2D eigenvalue weighted by Gasteiger charge is -2.19. The molecule has 0 unspecified atom stereocenters. The van der Waals surface area contributed by atoms with Crippen LogP contribution in [0.15, 0.2) is 54.7 Å². The van der Waals surface area contributed by atoms with Gasteiger partial charge >= 0.3 is 0 Å². The van der Waals surface area contributed by atoms with Crippen molar-refractivity contribution in [3.8, 4) is 5.82 Å². The van der Waals surface area contributed by atoms with E-state index < -0.39 is 0 Å². The van der Waals surface area contributed by atoms with Crippen molar-refractivity contribution in [2.24, 2.45) is 0 Å². The first-order valence-corrected chi connectivity index (χ1v) is 11.9. The lowest BCUT2D eigenvalue weighted by molar-refractivity contribution is -0.129. The van der Waals surface area contributed by atoms with Gasteiger partial charge in [-0.25, -0.2) is 9.97 Å². The molecule has 5 rings (SSSR count). The summed E-state index contributed by atoms with van der Waals surface area (Å²) in [6.07, 6.45) is 3.86. The van der Waals surface area contributed by atoms with Crippen LogP contribution in [0.3, 0.4) is 0 Å². The summed E-state index contributed by atoms with van der Waals surface area (Å²) in [4.78, 5) is 36.5. The Morgan fingerprint density at radius 3 is 2.66 bits per heavy atom. The third kappa shape index (κ3) is 4.64. The predicted molar refractivity (Wildman–Crippen MR) is 135 cm³/mol. The number of carbonyl (C=O) groups is 2. The molecular weight excluding hydrogens is 440 g/mol. The molecule has 0 aliphatic heterocycles. The van der Waals surface area contributed by atoms with Gasteiger partial charge in [-0.3, -0.25) is 9.59 Å². The minimum atomic E-state index is -0.209. The fraction of sp³-hybridized carbons (Fsp3) is 0.296. The molecule has 178 valence electrons. The maximum atomic E-state index is 13.6. The van der Waals surface area contributed by atoms with Crippen LogP contribution in [0, 0.1) is 6.92 Å². The number of anilines is 1. The number of nitrogens with one attached hydrogen (secondary N) is 1. The third-order valence-corrected chi connectivity index (χ3v) is 6.32. The van der Waals surface area contributed by atoms with E-state index in [1.165, 1.54) is 0 Å². The standard InChI is InChI=1S/C27H28N6O2/c1-4-32(18(3)34)16-19-8-7-9-21(14-19)29-27(35)22-15-23(20-11-12-20)30-26-25(22)17(2)31-33(26)24-10-5-6-13-28-24/h5-10,13-15,20H,4,11-12,16H2,1-3H3,(H,29,35). The first kappa shape index (κ1) is 22.7. The average Bonchev–Trinajstić information content (AvgIpc) is 3.66. The summed E-state index contributed by atoms with van der Waals surface area (Å²) in [6.45, 7) is 6.53. The quantitative estimate of drug-likeness (QED) is 0.427. The SMILES string of the molecule is CCN(Cc1cccc(NC(=O)c2cc(C3CC3)nc3c2c(C)nn3-c2ccccn2)c1)C(C)=O. The van der Waals surface area contributed by atoms with Gasteiger partial charge in [0.2, 0.25) is 5.91 Å². The van der Waals surface area contributed by atoms with Crippen molar-refractivity contribution in [1.82, 2.24) is 24.6 Å². The van der Waals surface area contributed by atoms with Crippen LogP contribution >= 0.6 is 0 Å². The Hall–Kier alpha value is -4.07. The number of aromatic nitrogens is 4. The maximum Gasteiger partial charge on any atom is 0.256 e. The second kappa shape index (κ2) is 9.29. The third-order valence-electron chi connectivity index (χ3n) is 6.32. The van der Waals surface area contributed by atoms with Gasteiger partial charge in [0.25, 0.3) is 5.91 Å². The molecule has 0 saturated heterocycles. The predicted octanol–water partition coefficient (Wildman–Crippen LogP) is 4.62. The molecule has 3 aromatic heterocycles. The highest BCUT2D eigenvalue weighted by Crippen LogP contribution is 2.40. The van der Waals surface area contributed by atoms with E-state index in [4.69, 9.17) is 4.98 Å². The lowest BCUT2D eigenvalue weighted by Crippen LogP contribution is -2.27. The van der Waals surface area contributed by atoms with E-state index in [-0.39, 0.29) is 11.8 Å². The minimum absolute atomic E-state index is 0.0223. The Balaban J connectivity index is 1.51. The molecular formula is C27H28N6O2. The first-order valence-electron chi connectivity index (χ1n) is 11.9. The van der Waals surface area contributed by atoms with Crippen LogP contribution < -0.4 is 5.32 Å². The normalized spacial score (nSPS) is 13.1. The molecule has 1 N–H and O–H groups in total. The number of hydrogen-bond acceptors (Lipinski definition) is 5. The zero-order chi connectivity index (χ0) is 24.5. The smallest absolute Gasteiger partial charge is 0.256 e. The van der Waals surface area contributed by atoms with Crippen molar-refractivity contribution in [2.75, 3.05) is 11.9 Å². The van der Waals surface area contributed by atoms with Crippen molar-refractivity contribution < 1.29 is 9.59 Å². The average molecular weight is 469 g/mol. The van der Waals surface area contributed by atoms with Crippen LogP contribution in [0.5, 0.6) is 0 Å². The number of carbonyl (C=O) groups excluding carboxylic acids is 2. The second-order valence-electron chi connectivity index (χ2n) is 8.94. The van der Waals surface area contributed by atoms with Gasteiger partial charge in [0, 0.05) is 43.5 Å². The number of pyridine rings is 2. The molecule has 4 aromatic rings. The number of amides is 2. The molecule has 0 radical (unpaired) electrons. The number of benzene rings is 1. The van der Waals surface area contributed by atoms with Crippen LogP contribution in [0.2, 0.25) is 0 Å². The summed E-state index contributed by atoms with van der Waals surface area (Å²) in [5.74, 6) is 0.845. The van der Waals surface area contributed by atoms with Crippen LogP contribution in [0.4, 0.5) is 5.69 Å². The summed E-state index contributed by atoms with van der Waals surface area (Å²) in [6, 6.07) is 15.2. The van der Waals surface area contributed by atoms with Crippen LogP contribution in [0.25, 0.3) is 16.9 Å². The zero-order valence-corrected chi connectivity index (χ0v) is 20.2. The summed E-state index contributed by atoms with van der Waals surface area (Å²) >= 11 is 0. The van der Waals surface area contributed by atoms with E-state index in [9.17, 15) is 9.59 Å². The van der Waals surface area contributed by atoms with E-state index in [0.29, 0.717) is 41.7 Å². The van der Waals surface area contributed by atoms with E-state index >= 15 is 0 Å². The van der Waals surface area contributed by atoms with Gasteiger partial charge in [-0.05, 0) is 62.6 Å². The van der Waals surface area contributed by atoms with Gasteiger partial charge in [0.15, 0.2) is 11.5 Å².